The normalized spacial score (nSPS) is 18.1. The predicted octanol–water partition coefficient (Wildman–Crippen LogP) is 3.63. The smallest absolute Gasteiger partial charge is 0.268 e. The number of nitrogens with zero attached hydrogens (tertiary/aromatic N) is 5. The SMILES string of the molecule is COc1cccc(F)c1-c1ncc(-c2ccc(-c3c(C)nn(C)c3C)cc2N2C[C@@H]3C[C@H]2CN3)c(C(N)=O)n1. The van der Waals surface area contributed by atoms with Crippen molar-refractivity contribution < 1.29 is 13.9 Å². The molecule has 200 valence electrons. The van der Waals surface area contributed by atoms with Crippen molar-refractivity contribution in [1.82, 2.24) is 25.1 Å². The summed E-state index contributed by atoms with van der Waals surface area (Å²) in [5, 5.41) is 8.15. The zero-order valence-corrected chi connectivity index (χ0v) is 22.3. The van der Waals surface area contributed by atoms with E-state index in [9.17, 15) is 9.18 Å². The van der Waals surface area contributed by atoms with E-state index in [2.05, 4.69) is 38.3 Å². The molecule has 2 bridgehead atoms. The molecule has 39 heavy (non-hydrogen) atoms. The summed E-state index contributed by atoms with van der Waals surface area (Å²) in [6.45, 7) is 5.81. The average Bonchev–Trinajstić information content (AvgIpc) is 3.63. The summed E-state index contributed by atoms with van der Waals surface area (Å²) < 4.78 is 22.0. The number of nitrogens with two attached hydrogens (primary N) is 1. The van der Waals surface area contributed by atoms with Gasteiger partial charge in [0.25, 0.3) is 5.91 Å². The number of nitrogens with one attached hydrogen (secondary N) is 1. The second kappa shape index (κ2) is 9.46. The Morgan fingerprint density at radius 3 is 2.64 bits per heavy atom. The van der Waals surface area contributed by atoms with Crippen LogP contribution in [0.15, 0.2) is 42.6 Å². The molecule has 2 aliphatic rings. The lowest BCUT2D eigenvalue weighted by atomic mass is 9.95. The van der Waals surface area contributed by atoms with Crippen molar-refractivity contribution in [3.8, 4) is 39.4 Å². The Morgan fingerprint density at radius 1 is 1.18 bits per heavy atom. The van der Waals surface area contributed by atoms with Crippen LogP contribution in [0.25, 0.3) is 33.6 Å². The van der Waals surface area contributed by atoms with Gasteiger partial charge in [0.05, 0.1) is 18.4 Å². The minimum atomic E-state index is -0.720. The maximum absolute atomic E-state index is 14.8. The van der Waals surface area contributed by atoms with Gasteiger partial charge in [-0.05, 0) is 44.0 Å². The quantitative estimate of drug-likeness (QED) is 0.394. The molecule has 2 aromatic carbocycles. The molecule has 2 atom stereocenters. The summed E-state index contributed by atoms with van der Waals surface area (Å²) >= 11 is 0. The van der Waals surface area contributed by atoms with Gasteiger partial charge in [-0.3, -0.25) is 9.48 Å². The largest absolute Gasteiger partial charge is 0.496 e. The summed E-state index contributed by atoms with van der Waals surface area (Å²) in [4.78, 5) is 24.1. The summed E-state index contributed by atoms with van der Waals surface area (Å²) in [6.07, 6.45) is 2.61. The van der Waals surface area contributed by atoms with Gasteiger partial charge in [0.1, 0.15) is 17.3 Å². The zero-order valence-electron chi connectivity index (χ0n) is 22.3. The fourth-order valence-electron chi connectivity index (χ4n) is 5.98. The van der Waals surface area contributed by atoms with Crippen LogP contribution < -0.4 is 20.7 Å². The number of hydrogen-bond donors (Lipinski definition) is 2. The van der Waals surface area contributed by atoms with Crippen LogP contribution in [0.3, 0.4) is 0 Å². The van der Waals surface area contributed by atoms with E-state index in [0.717, 1.165) is 53.3 Å². The Morgan fingerprint density at radius 2 is 2.00 bits per heavy atom. The molecule has 0 radical (unpaired) electrons. The highest BCUT2D eigenvalue weighted by molar-refractivity contribution is 6.00. The molecule has 2 aromatic heterocycles. The number of fused-ring (bicyclic) bond motifs is 2. The average molecular weight is 528 g/mol. The van der Waals surface area contributed by atoms with E-state index in [-0.39, 0.29) is 22.8 Å². The van der Waals surface area contributed by atoms with Crippen molar-refractivity contribution in [3.63, 3.8) is 0 Å². The van der Waals surface area contributed by atoms with Gasteiger partial charge in [-0.25, -0.2) is 14.4 Å². The van der Waals surface area contributed by atoms with Crippen LogP contribution in [0.4, 0.5) is 10.1 Å². The Bertz CT molecular complexity index is 1620. The highest BCUT2D eigenvalue weighted by atomic mass is 19.1. The fourth-order valence-corrected chi connectivity index (χ4v) is 5.98. The summed E-state index contributed by atoms with van der Waals surface area (Å²) in [5.74, 6) is -0.967. The van der Waals surface area contributed by atoms with Crippen LogP contribution in [0.1, 0.15) is 28.3 Å². The predicted molar refractivity (Wildman–Crippen MR) is 147 cm³/mol. The van der Waals surface area contributed by atoms with Crippen LogP contribution in [-0.2, 0) is 7.05 Å². The number of ether oxygens (including phenoxy) is 1. The Balaban J connectivity index is 1.54. The van der Waals surface area contributed by atoms with E-state index < -0.39 is 11.7 Å². The number of amides is 1. The van der Waals surface area contributed by atoms with Crippen LogP contribution in [0.5, 0.6) is 5.75 Å². The Labute approximate surface area is 225 Å². The Hall–Kier alpha value is -4.31. The third kappa shape index (κ3) is 4.11. The van der Waals surface area contributed by atoms with Crippen molar-refractivity contribution in [2.45, 2.75) is 32.4 Å². The monoisotopic (exact) mass is 527 g/mol. The van der Waals surface area contributed by atoms with Crippen molar-refractivity contribution >= 4 is 11.6 Å². The number of piperazine rings is 1. The number of rotatable bonds is 6. The first kappa shape index (κ1) is 25.0. The summed E-state index contributed by atoms with van der Waals surface area (Å²) in [6, 6.07) is 11.4. The second-order valence-electron chi connectivity index (χ2n) is 10.2. The fraction of sp³-hybridized carbons (Fsp3) is 0.310. The van der Waals surface area contributed by atoms with Gasteiger partial charge in [-0.15, -0.1) is 0 Å². The van der Waals surface area contributed by atoms with E-state index in [1.54, 1.807) is 18.3 Å². The number of anilines is 1. The standard InChI is InChI=1S/C29H30FN7O2/c1-15-25(16(2)36(3)35-15)17-8-9-20(23(10-17)37-14-18-11-19(37)12-32-18)21-13-33-29(34-27(21)28(31)38)26-22(30)6-5-7-24(26)39-4/h5-10,13,18-19,32H,11-12,14H2,1-4H3,(H2,31,38)/t18-,19-/m0/s1. The molecular weight excluding hydrogens is 497 g/mol. The van der Waals surface area contributed by atoms with Gasteiger partial charge < -0.3 is 20.7 Å². The summed E-state index contributed by atoms with van der Waals surface area (Å²) in [5.41, 5.74) is 12.4. The maximum atomic E-state index is 14.8. The molecular formula is C29H30FN7O2. The lowest BCUT2D eigenvalue weighted by Gasteiger charge is -2.32. The number of carbonyl (C=O) groups excluding carboxylic acids is 1. The molecule has 0 unspecified atom stereocenters. The minimum Gasteiger partial charge on any atom is -0.496 e. The first-order chi connectivity index (χ1) is 18.8. The number of benzene rings is 2. The lowest BCUT2D eigenvalue weighted by molar-refractivity contribution is 0.0996. The molecule has 4 aromatic rings. The van der Waals surface area contributed by atoms with Gasteiger partial charge in [0.2, 0.25) is 0 Å². The maximum Gasteiger partial charge on any atom is 0.268 e. The van der Waals surface area contributed by atoms with Crippen molar-refractivity contribution in [2.24, 2.45) is 12.8 Å². The third-order valence-corrected chi connectivity index (χ3v) is 7.89. The molecule has 3 N–H and O–H groups in total. The first-order valence-electron chi connectivity index (χ1n) is 12.9. The van der Waals surface area contributed by atoms with E-state index in [1.807, 2.05) is 30.8 Å². The number of primary amides is 1. The number of carbonyl (C=O) groups is 1. The topological polar surface area (TPSA) is 111 Å². The van der Waals surface area contributed by atoms with E-state index in [4.69, 9.17) is 10.5 Å². The first-order valence-corrected chi connectivity index (χ1v) is 12.9. The van der Waals surface area contributed by atoms with Crippen molar-refractivity contribution in [1.29, 1.82) is 0 Å². The van der Waals surface area contributed by atoms with E-state index >= 15 is 0 Å². The molecule has 9 nitrogen and oxygen atoms in total. The molecule has 1 amide bonds. The molecule has 0 saturated carbocycles. The van der Waals surface area contributed by atoms with Crippen LogP contribution >= 0.6 is 0 Å². The van der Waals surface area contributed by atoms with Gasteiger partial charge in [0, 0.05) is 66.5 Å². The minimum absolute atomic E-state index is 0.0236. The molecule has 2 saturated heterocycles. The highest BCUT2D eigenvalue weighted by Crippen LogP contribution is 2.42. The number of halogens is 1. The van der Waals surface area contributed by atoms with Crippen molar-refractivity contribution in [2.75, 3.05) is 25.1 Å². The van der Waals surface area contributed by atoms with Gasteiger partial charge in [-0.1, -0.05) is 18.2 Å². The van der Waals surface area contributed by atoms with E-state index in [0.29, 0.717) is 17.6 Å². The number of hydrogen-bond acceptors (Lipinski definition) is 7. The van der Waals surface area contributed by atoms with Gasteiger partial charge in [0.15, 0.2) is 5.82 Å². The molecule has 2 aliphatic heterocycles. The molecule has 4 heterocycles. The highest BCUT2D eigenvalue weighted by Gasteiger charge is 2.39. The zero-order chi connectivity index (χ0) is 27.4. The van der Waals surface area contributed by atoms with E-state index in [1.165, 1.54) is 13.2 Å². The lowest BCUT2D eigenvalue weighted by Crippen LogP contribution is -2.43. The van der Waals surface area contributed by atoms with Crippen molar-refractivity contribution in [3.05, 3.63) is 65.5 Å². The number of aryl methyl sites for hydroxylation is 2. The number of aromatic nitrogens is 4. The third-order valence-electron chi connectivity index (χ3n) is 7.89. The molecule has 10 heteroatoms. The van der Waals surface area contributed by atoms with Gasteiger partial charge >= 0.3 is 0 Å². The molecule has 0 spiro atoms. The molecule has 0 aliphatic carbocycles. The molecule has 2 fully saturated rings. The Kier molecular flexibility index (Phi) is 6.06. The van der Waals surface area contributed by atoms with Crippen LogP contribution in [0.2, 0.25) is 0 Å². The molecule has 6 rings (SSSR count). The second-order valence-corrected chi connectivity index (χ2v) is 10.2. The van der Waals surface area contributed by atoms with Crippen LogP contribution in [-0.4, -0.2) is 57.9 Å². The van der Waals surface area contributed by atoms with Crippen LogP contribution in [0, 0.1) is 19.7 Å². The van der Waals surface area contributed by atoms with Gasteiger partial charge in [-0.2, -0.15) is 5.10 Å². The number of methoxy groups -OCH3 is 1. The summed E-state index contributed by atoms with van der Waals surface area (Å²) in [7, 11) is 3.38.